The quantitative estimate of drug-likeness (QED) is 0.482. The van der Waals surface area contributed by atoms with Crippen molar-refractivity contribution in [2.45, 2.75) is 32.8 Å². The average molecular weight is 426 g/mol. The summed E-state index contributed by atoms with van der Waals surface area (Å²) in [4.78, 5) is 37.7. The van der Waals surface area contributed by atoms with Crippen LogP contribution < -0.4 is 10.6 Å². The number of para-hydroxylation sites is 1. The Morgan fingerprint density at radius 3 is 2.55 bits per heavy atom. The maximum absolute atomic E-state index is 13.0. The van der Waals surface area contributed by atoms with E-state index < -0.39 is 4.92 Å². The highest BCUT2D eigenvalue weighted by atomic mass is 16.6. The summed E-state index contributed by atoms with van der Waals surface area (Å²) in [5.74, 6) is -0.534. The Kier molecular flexibility index (Phi) is 6.86. The van der Waals surface area contributed by atoms with Crippen molar-refractivity contribution in [1.29, 1.82) is 0 Å². The smallest absolute Gasteiger partial charge is 0.274 e. The summed E-state index contributed by atoms with van der Waals surface area (Å²) < 4.78 is 0. The van der Waals surface area contributed by atoms with E-state index in [0.29, 0.717) is 48.4 Å². The van der Waals surface area contributed by atoms with E-state index in [1.54, 1.807) is 36.1 Å². The van der Waals surface area contributed by atoms with Crippen LogP contribution in [0.2, 0.25) is 0 Å². The molecule has 164 valence electrons. The fourth-order valence-corrected chi connectivity index (χ4v) is 3.58. The summed E-state index contributed by atoms with van der Waals surface area (Å²) in [5.41, 5.74) is 2.64. The normalized spacial score (nSPS) is 14.2. The number of hydrogen-bond donors (Lipinski definition) is 3. The molecule has 1 aliphatic heterocycles. The molecule has 1 saturated heterocycles. The van der Waals surface area contributed by atoms with Gasteiger partial charge in [0.1, 0.15) is 0 Å². The van der Waals surface area contributed by atoms with Crippen LogP contribution in [0, 0.1) is 24.0 Å². The molecular formula is C22H26N4O5. The van der Waals surface area contributed by atoms with Crippen molar-refractivity contribution >= 4 is 28.9 Å². The van der Waals surface area contributed by atoms with Gasteiger partial charge in [-0.1, -0.05) is 18.2 Å². The molecule has 3 N–H and O–H groups in total. The van der Waals surface area contributed by atoms with Gasteiger partial charge in [-0.3, -0.25) is 19.7 Å². The van der Waals surface area contributed by atoms with Gasteiger partial charge < -0.3 is 20.6 Å². The minimum absolute atomic E-state index is 0.0656. The van der Waals surface area contributed by atoms with Crippen molar-refractivity contribution in [3.05, 3.63) is 63.2 Å². The van der Waals surface area contributed by atoms with Gasteiger partial charge in [0, 0.05) is 30.4 Å². The number of nitro benzene ring substituents is 1. The fraction of sp³-hybridized carbons (Fsp3) is 0.364. The molecule has 0 radical (unpaired) electrons. The Labute approximate surface area is 180 Å². The van der Waals surface area contributed by atoms with Gasteiger partial charge >= 0.3 is 0 Å². The monoisotopic (exact) mass is 426 g/mol. The molecule has 2 aromatic carbocycles. The largest absolute Gasteiger partial charge is 0.393 e. The first-order chi connectivity index (χ1) is 14.8. The predicted molar refractivity (Wildman–Crippen MR) is 117 cm³/mol. The SMILES string of the molecule is Cc1ccc(NC(=O)CNc2c(C)cccc2C(=O)N2CCC(O)CC2)cc1[N+](=O)[O-]. The van der Waals surface area contributed by atoms with E-state index in [4.69, 9.17) is 0 Å². The number of amides is 2. The van der Waals surface area contributed by atoms with E-state index >= 15 is 0 Å². The van der Waals surface area contributed by atoms with Gasteiger partial charge in [0.05, 0.1) is 28.8 Å². The fourth-order valence-electron chi connectivity index (χ4n) is 3.58. The number of aryl methyl sites for hydroxylation is 2. The maximum atomic E-state index is 13.0. The predicted octanol–water partition coefficient (Wildman–Crippen LogP) is 2.86. The lowest BCUT2D eigenvalue weighted by Crippen LogP contribution is -2.40. The first kappa shape index (κ1) is 22.2. The first-order valence-corrected chi connectivity index (χ1v) is 10.1. The molecule has 0 atom stereocenters. The topological polar surface area (TPSA) is 125 Å². The van der Waals surface area contributed by atoms with Gasteiger partial charge in [-0.15, -0.1) is 0 Å². The second-order valence-corrected chi connectivity index (χ2v) is 7.68. The summed E-state index contributed by atoms with van der Waals surface area (Å²) in [6, 6.07) is 9.85. The Bertz CT molecular complexity index is 999. The van der Waals surface area contributed by atoms with Crippen molar-refractivity contribution < 1.29 is 19.6 Å². The third kappa shape index (κ3) is 5.37. The number of nitro groups is 1. The van der Waals surface area contributed by atoms with Crippen molar-refractivity contribution in [3.63, 3.8) is 0 Å². The lowest BCUT2D eigenvalue weighted by atomic mass is 10.0. The van der Waals surface area contributed by atoms with Gasteiger partial charge in [0.15, 0.2) is 0 Å². The minimum Gasteiger partial charge on any atom is -0.393 e. The van der Waals surface area contributed by atoms with Crippen LogP contribution >= 0.6 is 0 Å². The van der Waals surface area contributed by atoms with Crippen LogP contribution in [0.5, 0.6) is 0 Å². The molecule has 0 unspecified atom stereocenters. The number of nitrogens with zero attached hydrogens (tertiary/aromatic N) is 2. The molecule has 3 rings (SSSR count). The van der Waals surface area contributed by atoms with E-state index in [1.165, 1.54) is 6.07 Å². The molecular weight excluding hydrogens is 400 g/mol. The minimum atomic E-state index is -0.492. The number of carbonyl (C=O) groups is 2. The van der Waals surface area contributed by atoms with Gasteiger partial charge in [0.25, 0.3) is 11.6 Å². The van der Waals surface area contributed by atoms with Gasteiger partial charge in [-0.2, -0.15) is 0 Å². The Balaban J connectivity index is 1.69. The standard InChI is InChI=1S/C22H26N4O5/c1-14-6-7-16(12-19(14)26(30)31)24-20(28)13-23-21-15(2)4-3-5-18(21)22(29)25-10-8-17(27)9-11-25/h3-7,12,17,23,27H,8-11,13H2,1-2H3,(H,24,28). The molecule has 1 aliphatic rings. The zero-order valence-electron chi connectivity index (χ0n) is 17.6. The summed E-state index contributed by atoms with van der Waals surface area (Å²) >= 11 is 0. The van der Waals surface area contributed by atoms with Crippen molar-refractivity contribution in [1.82, 2.24) is 4.90 Å². The molecule has 0 saturated carbocycles. The van der Waals surface area contributed by atoms with Crippen molar-refractivity contribution in [2.24, 2.45) is 0 Å². The molecule has 9 nitrogen and oxygen atoms in total. The molecule has 0 spiro atoms. The van der Waals surface area contributed by atoms with Crippen LogP contribution in [0.4, 0.5) is 17.1 Å². The van der Waals surface area contributed by atoms with E-state index in [1.807, 2.05) is 13.0 Å². The Morgan fingerprint density at radius 1 is 1.16 bits per heavy atom. The number of hydrogen-bond acceptors (Lipinski definition) is 6. The summed E-state index contributed by atoms with van der Waals surface area (Å²) in [7, 11) is 0. The number of piperidine rings is 1. The van der Waals surface area contributed by atoms with Crippen molar-refractivity contribution in [3.8, 4) is 0 Å². The molecule has 0 aliphatic carbocycles. The first-order valence-electron chi connectivity index (χ1n) is 10.1. The second kappa shape index (κ2) is 9.57. The highest BCUT2D eigenvalue weighted by Gasteiger charge is 2.24. The van der Waals surface area contributed by atoms with Gasteiger partial charge in [-0.25, -0.2) is 0 Å². The maximum Gasteiger partial charge on any atom is 0.274 e. The summed E-state index contributed by atoms with van der Waals surface area (Å²) in [5, 5.41) is 26.4. The average Bonchev–Trinajstić information content (AvgIpc) is 2.74. The van der Waals surface area contributed by atoms with Crippen LogP contribution in [-0.2, 0) is 4.79 Å². The molecule has 1 fully saturated rings. The van der Waals surface area contributed by atoms with E-state index in [0.717, 1.165) is 5.56 Å². The van der Waals surface area contributed by atoms with Crippen LogP contribution in [-0.4, -0.2) is 52.5 Å². The van der Waals surface area contributed by atoms with Crippen molar-refractivity contribution in [2.75, 3.05) is 30.3 Å². The second-order valence-electron chi connectivity index (χ2n) is 7.68. The van der Waals surface area contributed by atoms with Crippen LogP contribution in [0.1, 0.15) is 34.3 Å². The summed E-state index contributed by atoms with van der Waals surface area (Å²) in [6.07, 6.45) is 0.719. The highest BCUT2D eigenvalue weighted by molar-refractivity contribution is 6.01. The van der Waals surface area contributed by atoms with E-state index in [-0.39, 0.29) is 30.2 Å². The molecule has 2 amide bonds. The van der Waals surface area contributed by atoms with Crippen LogP contribution in [0.15, 0.2) is 36.4 Å². The summed E-state index contributed by atoms with van der Waals surface area (Å²) in [6.45, 7) is 4.34. The molecule has 0 aromatic heterocycles. The van der Waals surface area contributed by atoms with E-state index in [2.05, 4.69) is 10.6 Å². The van der Waals surface area contributed by atoms with Crippen LogP contribution in [0.3, 0.4) is 0 Å². The zero-order chi connectivity index (χ0) is 22.5. The third-order valence-corrected chi connectivity index (χ3v) is 5.37. The third-order valence-electron chi connectivity index (χ3n) is 5.37. The number of anilines is 2. The Morgan fingerprint density at radius 2 is 1.87 bits per heavy atom. The number of benzene rings is 2. The number of nitrogens with one attached hydrogen (secondary N) is 2. The van der Waals surface area contributed by atoms with Gasteiger partial charge in [0.2, 0.25) is 5.91 Å². The Hall–Kier alpha value is -3.46. The number of likely N-dealkylation sites (tertiary alicyclic amines) is 1. The molecule has 2 aromatic rings. The molecule has 9 heteroatoms. The number of aliphatic hydroxyl groups excluding tert-OH is 1. The molecule has 1 heterocycles. The molecule has 31 heavy (non-hydrogen) atoms. The zero-order valence-corrected chi connectivity index (χ0v) is 17.6. The number of rotatable bonds is 6. The number of aliphatic hydroxyl groups is 1. The molecule has 0 bridgehead atoms. The van der Waals surface area contributed by atoms with Crippen LogP contribution in [0.25, 0.3) is 0 Å². The lowest BCUT2D eigenvalue weighted by molar-refractivity contribution is -0.385. The van der Waals surface area contributed by atoms with Gasteiger partial charge in [-0.05, 0) is 44.4 Å². The van der Waals surface area contributed by atoms with E-state index in [9.17, 15) is 24.8 Å². The lowest BCUT2D eigenvalue weighted by Gasteiger charge is -2.30. The number of carbonyl (C=O) groups excluding carboxylic acids is 2. The highest BCUT2D eigenvalue weighted by Crippen LogP contribution is 2.25.